The number of benzene rings is 12. The van der Waals surface area contributed by atoms with Gasteiger partial charge in [0.15, 0.2) is 0 Å². The van der Waals surface area contributed by atoms with E-state index in [9.17, 15) is 0 Å². The zero-order valence-corrected chi connectivity index (χ0v) is 37.8. The quantitative estimate of drug-likeness (QED) is 0.145. The highest BCUT2D eigenvalue weighted by Gasteiger charge is 2.46. The molecule has 0 bridgehead atoms. The van der Waals surface area contributed by atoms with Crippen molar-refractivity contribution in [2.24, 2.45) is 0 Å². The first-order valence-electron chi connectivity index (χ1n) is 23.9. The second kappa shape index (κ2) is 15.6. The number of rotatable bonds is 7. The molecule has 0 amide bonds. The predicted molar refractivity (Wildman–Crippen MR) is 291 cm³/mol. The maximum atomic E-state index is 2.47. The lowest BCUT2D eigenvalue weighted by atomic mass is 9.67. The van der Waals surface area contributed by atoms with Crippen LogP contribution in [0.15, 0.2) is 267 Å². The number of hydrogen-bond acceptors (Lipinski definition) is 1. The van der Waals surface area contributed by atoms with Crippen molar-refractivity contribution >= 4 is 71.2 Å². The molecule has 12 aromatic carbocycles. The standard InChI is InChI=1S/C67H44N2/c1-3-21-49(22-4-1)67(50-23-5-2-6-24-50)61-31-15-13-28-56(61)57-40-39-52(44-62(57)67)69-64-32-16-14-30-59(64)60-42-47(36-41-65(60)69)45-34-37-51(38-35-45)68(63-33-17-20-46-18-7-10-26-54(46)63)66-43-48-19-8-9-25-53(48)55-27-11-12-29-58(55)66/h1-44H. The van der Waals surface area contributed by atoms with E-state index in [0.717, 1.165) is 22.7 Å². The minimum Gasteiger partial charge on any atom is -0.309 e. The molecule has 14 rings (SSSR count). The fourth-order valence-electron chi connectivity index (χ4n) is 11.8. The minimum atomic E-state index is -0.479. The second-order valence-corrected chi connectivity index (χ2v) is 18.4. The molecule has 0 N–H and O–H groups in total. The molecule has 69 heavy (non-hydrogen) atoms. The maximum absolute atomic E-state index is 2.47. The lowest BCUT2D eigenvalue weighted by molar-refractivity contribution is 0.767. The Bertz CT molecular complexity index is 4080. The molecule has 0 spiro atoms. The molecule has 1 aliphatic carbocycles. The third-order valence-corrected chi connectivity index (χ3v) is 14.8. The van der Waals surface area contributed by atoms with Crippen LogP contribution in [0.4, 0.5) is 17.1 Å². The van der Waals surface area contributed by atoms with E-state index in [0.29, 0.717) is 0 Å². The zero-order chi connectivity index (χ0) is 45.5. The third-order valence-electron chi connectivity index (χ3n) is 14.8. The van der Waals surface area contributed by atoms with Gasteiger partial charge in [-0.05, 0) is 121 Å². The molecule has 0 saturated heterocycles. The van der Waals surface area contributed by atoms with Crippen molar-refractivity contribution in [2.45, 2.75) is 5.41 Å². The van der Waals surface area contributed by atoms with Crippen LogP contribution < -0.4 is 4.90 Å². The molecule has 1 aromatic heterocycles. The van der Waals surface area contributed by atoms with E-state index in [2.05, 4.69) is 276 Å². The molecular weight excluding hydrogens is 833 g/mol. The summed E-state index contributed by atoms with van der Waals surface area (Å²) in [4.78, 5) is 2.46. The molecule has 0 saturated carbocycles. The van der Waals surface area contributed by atoms with E-state index in [4.69, 9.17) is 0 Å². The average Bonchev–Trinajstić information content (AvgIpc) is 3.92. The molecule has 0 atom stereocenters. The van der Waals surface area contributed by atoms with Crippen molar-refractivity contribution in [3.8, 4) is 27.9 Å². The van der Waals surface area contributed by atoms with Gasteiger partial charge in [-0.2, -0.15) is 0 Å². The topological polar surface area (TPSA) is 8.17 Å². The van der Waals surface area contributed by atoms with Gasteiger partial charge in [0, 0.05) is 32.9 Å². The van der Waals surface area contributed by atoms with Gasteiger partial charge in [0.2, 0.25) is 0 Å². The van der Waals surface area contributed by atoms with E-state index in [1.165, 1.54) is 98.6 Å². The molecule has 322 valence electrons. The third kappa shape index (κ3) is 5.92. The number of aromatic nitrogens is 1. The summed E-state index contributed by atoms with van der Waals surface area (Å²) in [5.41, 5.74) is 16.5. The van der Waals surface area contributed by atoms with Crippen LogP contribution in [0, 0.1) is 0 Å². The van der Waals surface area contributed by atoms with Gasteiger partial charge in [0.1, 0.15) is 0 Å². The van der Waals surface area contributed by atoms with Crippen molar-refractivity contribution in [3.63, 3.8) is 0 Å². The fraction of sp³-hybridized carbons (Fsp3) is 0.0149. The SMILES string of the molecule is c1ccc(C2(c3ccccc3)c3ccccc3-c3ccc(-n4c5ccccc5c5cc(-c6ccc(N(c7cccc8ccccc78)c7cc8ccccc8c8ccccc78)cc6)ccc54)cc32)cc1. The Balaban J connectivity index is 0.917. The second-order valence-electron chi connectivity index (χ2n) is 18.4. The van der Waals surface area contributed by atoms with E-state index < -0.39 is 5.41 Å². The molecular formula is C67H44N2. The van der Waals surface area contributed by atoms with Crippen LogP contribution in [-0.2, 0) is 5.41 Å². The summed E-state index contributed by atoms with van der Waals surface area (Å²) in [7, 11) is 0. The number of hydrogen-bond donors (Lipinski definition) is 0. The Morgan fingerprint density at radius 3 is 1.67 bits per heavy atom. The van der Waals surface area contributed by atoms with E-state index in [1.54, 1.807) is 0 Å². The van der Waals surface area contributed by atoms with Crippen LogP contribution in [0.3, 0.4) is 0 Å². The first kappa shape index (κ1) is 39.2. The monoisotopic (exact) mass is 876 g/mol. The normalized spacial score (nSPS) is 12.8. The Labute approximate surface area is 401 Å². The van der Waals surface area contributed by atoms with Crippen LogP contribution in [0.1, 0.15) is 22.3 Å². The van der Waals surface area contributed by atoms with Gasteiger partial charge >= 0.3 is 0 Å². The largest absolute Gasteiger partial charge is 0.309 e. The van der Waals surface area contributed by atoms with Gasteiger partial charge in [-0.15, -0.1) is 0 Å². The number of anilines is 3. The summed E-state index contributed by atoms with van der Waals surface area (Å²) in [6.45, 7) is 0. The van der Waals surface area contributed by atoms with Crippen molar-refractivity contribution < 1.29 is 0 Å². The first-order chi connectivity index (χ1) is 34.2. The van der Waals surface area contributed by atoms with Crippen LogP contribution in [-0.4, -0.2) is 4.57 Å². The highest BCUT2D eigenvalue weighted by atomic mass is 15.1. The molecule has 0 aliphatic heterocycles. The van der Waals surface area contributed by atoms with Crippen molar-refractivity contribution in [3.05, 3.63) is 289 Å². The smallest absolute Gasteiger partial charge is 0.0714 e. The van der Waals surface area contributed by atoms with Crippen LogP contribution in [0.5, 0.6) is 0 Å². The summed E-state index contributed by atoms with van der Waals surface area (Å²) >= 11 is 0. The average molecular weight is 877 g/mol. The summed E-state index contributed by atoms with van der Waals surface area (Å²) in [5, 5.41) is 9.83. The number of para-hydroxylation sites is 1. The van der Waals surface area contributed by atoms with Gasteiger partial charge in [-0.3, -0.25) is 0 Å². The Morgan fingerprint density at radius 1 is 0.304 bits per heavy atom. The van der Waals surface area contributed by atoms with Gasteiger partial charge in [-0.25, -0.2) is 0 Å². The Kier molecular flexibility index (Phi) is 8.84. The van der Waals surface area contributed by atoms with Gasteiger partial charge in [-0.1, -0.05) is 212 Å². The molecule has 13 aromatic rings. The van der Waals surface area contributed by atoms with E-state index >= 15 is 0 Å². The zero-order valence-electron chi connectivity index (χ0n) is 37.8. The Morgan fingerprint density at radius 2 is 0.884 bits per heavy atom. The molecule has 2 heteroatoms. The van der Waals surface area contributed by atoms with Crippen molar-refractivity contribution in [1.29, 1.82) is 0 Å². The molecule has 1 heterocycles. The van der Waals surface area contributed by atoms with Gasteiger partial charge < -0.3 is 9.47 Å². The molecule has 1 aliphatic rings. The van der Waals surface area contributed by atoms with Crippen LogP contribution in [0.2, 0.25) is 0 Å². The van der Waals surface area contributed by atoms with Crippen LogP contribution in [0.25, 0.3) is 82.1 Å². The van der Waals surface area contributed by atoms with Gasteiger partial charge in [0.25, 0.3) is 0 Å². The van der Waals surface area contributed by atoms with Gasteiger partial charge in [0.05, 0.1) is 27.8 Å². The fourth-order valence-corrected chi connectivity index (χ4v) is 11.8. The minimum absolute atomic E-state index is 0.479. The Hall–Kier alpha value is -8.98. The highest BCUT2D eigenvalue weighted by molar-refractivity contribution is 6.16. The van der Waals surface area contributed by atoms with E-state index in [1.807, 2.05) is 0 Å². The lowest BCUT2D eigenvalue weighted by Crippen LogP contribution is -2.28. The van der Waals surface area contributed by atoms with Crippen LogP contribution >= 0.6 is 0 Å². The molecule has 0 unspecified atom stereocenters. The summed E-state index contributed by atoms with van der Waals surface area (Å²) in [5.74, 6) is 0. The van der Waals surface area contributed by atoms with E-state index in [-0.39, 0.29) is 0 Å². The molecule has 0 radical (unpaired) electrons. The maximum Gasteiger partial charge on any atom is 0.0714 e. The van der Waals surface area contributed by atoms with Crippen molar-refractivity contribution in [1.82, 2.24) is 4.57 Å². The summed E-state index contributed by atoms with van der Waals surface area (Å²) in [6, 6.07) is 98.6. The number of fused-ring (bicyclic) bond motifs is 10. The first-order valence-corrected chi connectivity index (χ1v) is 23.9. The highest BCUT2D eigenvalue weighted by Crippen LogP contribution is 2.57. The summed E-state index contributed by atoms with van der Waals surface area (Å²) < 4.78 is 2.47. The molecule has 2 nitrogen and oxygen atoms in total. The summed E-state index contributed by atoms with van der Waals surface area (Å²) in [6.07, 6.45) is 0. The number of nitrogens with zero attached hydrogens (tertiary/aromatic N) is 2. The molecule has 0 fully saturated rings. The lowest BCUT2D eigenvalue weighted by Gasteiger charge is -2.34. The predicted octanol–water partition coefficient (Wildman–Crippen LogP) is 17.7. The van der Waals surface area contributed by atoms with Crippen molar-refractivity contribution in [2.75, 3.05) is 4.90 Å².